The highest BCUT2D eigenvalue weighted by Gasteiger charge is 2.22. The Morgan fingerprint density at radius 3 is 2.71 bits per heavy atom. The first-order valence-corrected chi connectivity index (χ1v) is 5.81. The Labute approximate surface area is 87.0 Å². The normalized spacial score (nSPS) is 29.1. The van der Waals surface area contributed by atoms with Crippen LogP contribution in [0.2, 0.25) is 0 Å². The number of carbonyl (C=O) groups is 1. The smallest absolute Gasteiger partial charge is 0.135 e. The van der Waals surface area contributed by atoms with Crippen molar-refractivity contribution in [2.75, 3.05) is 0 Å². The van der Waals surface area contributed by atoms with Crippen molar-refractivity contribution < 1.29 is 9.53 Å². The molecule has 3 atom stereocenters. The van der Waals surface area contributed by atoms with Gasteiger partial charge in [0.25, 0.3) is 0 Å². The Kier molecular flexibility index (Phi) is 4.59. The van der Waals surface area contributed by atoms with Crippen LogP contribution in [0.25, 0.3) is 0 Å². The van der Waals surface area contributed by atoms with Crippen molar-refractivity contribution in [1.82, 2.24) is 0 Å². The van der Waals surface area contributed by atoms with Crippen molar-refractivity contribution in [3.05, 3.63) is 0 Å². The zero-order valence-electron chi connectivity index (χ0n) is 9.58. The van der Waals surface area contributed by atoms with Gasteiger partial charge in [-0.3, -0.25) is 4.79 Å². The van der Waals surface area contributed by atoms with E-state index in [1.54, 1.807) is 0 Å². The van der Waals surface area contributed by atoms with E-state index in [1.165, 1.54) is 0 Å². The maximum absolute atomic E-state index is 11.6. The second-order valence-corrected chi connectivity index (χ2v) is 4.46. The summed E-state index contributed by atoms with van der Waals surface area (Å²) in [4.78, 5) is 11.6. The number of hydrogen-bond donors (Lipinski definition) is 0. The van der Waals surface area contributed by atoms with Crippen molar-refractivity contribution in [3.63, 3.8) is 0 Å². The van der Waals surface area contributed by atoms with Gasteiger partial charge in [-0.05, 0) is 32.6 Å². The van der Waals surface area contributed by atoms with Crippen molar-refractivity contribution >= 4 is 5.78 Å². The topological polar surface area (TPSA) is 26.3 Å². The van der Waals surface area contributed by atoms with E-state index in [9.17, 15) is 4.79 Å². The summed E-state index contributed by atoms with van der Waals surface area (Å²) in [6, 6.07) is 0. The van der Waals surface area contributed by atoms with Crippen LogP contribution in [-0.2, 0) is 9.53 Å². The lowest BCUT2D eigenvalue weighted by Crippen LogP contribution is -2.14. The van der Waals surface area contributed by atoms with Gasteiger partial charge in [0.05, 0.1) is 12.2 Å². The molecule has 2 nitrogen and oxygen atoms in total. The molecule has 0 aromatic carbocycles. The lowest BCUT2D eigenvalue weighted by atomic mass is 9.98. The fraction of sp³-hybridized carbons (Fsp3) is 0.917. The average molecular weight is 198 g/mol. The summed E-state index contributed by atoms with van der Waals surface area (Å²) in [5.41, 5.74) is 0. The minimum absolute atomic E-state index is 0.230. The molecule has 14 heavy (non-hydrogen) atoms. The molecule has 1 saturated heterocycles. The van der Waals surface area contributed by atoms with E-state index >= 15 is 0 Å². The van der Waals surface area contributed by atoms with E-state index in [0.29, 0.717) is 24.4 Å². The highest BCUT2D eigenvalue weighted by atomic mass is 16.5. The van der Waals surface area contributed by atoms with E-state index < -0.39 is 0 Å². The first kappa shape index (κ1) is 11.7. The summed E-state index contributed by atoms with van der Waals surface area (Å²) in [6.45, 7) is 6.19. The standard InChI is InChI=1S/C12H22O2/c1-4-9(2)12(13)8-7-11-6-5-10(3)14-11/h9-11H,4-8H2,1-3H3. The van der Waals surface area contributed by atoms with Gasteiger partial charge >= 0.3 is 0 Å². The molecule has 0 radical (unpaired) electrons. The third-order valence-corrected chi connectivity index (χ3v) is 3.19. The van der Waals surface area contributed by atoms with Gasteiger partial charge in [-0.25, -0.2) is 0 Å². The molecule has 1 aliphatic heterocycles. The van der Waals surface area contributed by atoms with Crippen LogP contribution in [0.1, 0.15) is 52.9 Å². The molecule has 2 heteroatoms. The molecule has 3 unspecified atom stereocenters. The Morgan fingerprint density at radius 1 is 1.50 bits per heavy atom. The summed E-state index contributed by atoms with van der Waals surface area (Å²) in [7, 11) is 0. The molecule has 0 amide bonds. The number of carbonyl (C=O) groups excluding carboxylic acids is 1. The Hall–Kier alpha value is -0.370. The molecule has 0 aromatic rings. The van der Waals surface area contributed by atoms with Crippen LogP contribution in [0.5, 0.6) is 0 Å². The van der Waals surface area contributed by atoms with Gasteiger partial charge < -0.3 is 4.74 Å². The summed E-state index contributed by atoms with van der Waals surface area (Å²) in [6.07, 6.45) is 5.62. The molecule has 0 spiro atoms. The molecular weight excluding hydrogens is 176 g/mol. The molecule has 1 fully saturated rings. The minimum Gasteiger partial charge on any atom is -0.375 e. The van der Waals surface area contributed by atoms with Crippen LogP contribution in [-0.4, -0.2) is 18.0 Å². The van der Waals surface area contributed by atoms with Crippen LogP contribution in [0, 0.1) is 5.92 Å². The zero-order valence-corrected chi connectivity index (χ0v) is 9.58. The molecule has 1 aliphatic rings. The lowest BCUT2D eigenvalue weighted by molar-refractivity contribution is -0.123. The summed E-state index contributed by atoms with van der Waals surface area (Å²) in [5.74, 6) is 0.629. The van der Waals surface area contributed by atoms with Crippen LogP contribution >= 0.6 is 0 Å². The second-order valence-electron chi connectivity index (χ2n) is 4.46. The van der Waals surface area contributed by atoms with E-state index in [-0.39, 0.29) is 5.92 Å². The molecule has 0 aliphatic carbocycles. The van der Waals surface area contributed by atoms with Crippen molar-refractivity contribution in [1.29, 1.82) is 0 Å². The second kappa shape index (κ2) is 5.50. The van der Waals surface area contributed by atoms with E-state index in [1.807, 2.05) is 6.92 Å². The Balaban J connectivity index is 2.17. The van der Waals surface area contributed by atoms with Gasteiger partial charge in [0.1, 0.15) is 5.78 Å². The molecule has 82 valence electrons. The van der Waals surface area contributed by atoms with Crippen LogP contribution in [0.3, 0.4) is 0 Å². The fourth-order valence-corrected chi connectivity index (χ4v) is 1.87. The highest BCUT2D eigenvalue weighted by Crippen LogP contribution is 2.23. The van der Waals surface area contributed by atoms with E-state index in [4.69, 9.17) is 4.74 Å². The molecular formula is C12H22O2. The molecule has 0 bridgehead atoms. The van der Waals surface area contributed by atoms with Gasteiger partial charge in [-0.15, -0.1) is 0 Å². The molecule has 1 heterocycles. The number of ether oxygens (including phenoxy) is 1. The molecule has 0 saturated carbocycles. The molecule has 1 rings (SSSR count). The predicted molar refractivity (Wildman–Crippen MR) is 57.3 cm³/mol. The first-order chi connectivity index (χ1) is 6.63. The van der Waals surface area contributed by atoms with Crippen LogP contribution in [0.15, 0.2) is 0 Å². The highest BCUT2D eigenvalue weighted by molar-refractivity contribution is 5.80. The van der Waals surface area contributed by atoms with Crippen LogP contribution in [0.4, 0.5) is 0 Å². The largest absolute Gasteiger partial charge is 0.375 e. The Bertz CT molecular complexity index is 189. The number of Topliss-reactive ketones (excluding diaryl/α,β-unsaturated/α-hetero) is 1. The number of ketones is 1. The maximum Gasteiger partial charge on any atom is 0.135 e. The zero-order chi connectivity index (χ0) is 10.6. The van der Waals surface area contributed by atoms with Crippen molar-refractivity contribution in [2.24, 2.45) is 5.92 Å². The number of hydrogen-bond acceptors (Lipinski definition) is 2. The average Bonchev–Trinajstić information content (AvgIpc) is 2.59. The summed E-state index contributed by atoms with van der Waals surface area (Å²) in [5, 5.41) is 0. The summed E-state index contributed by atoms with van der Waals surface area (Å²) < 4.78 is 5.67. The third kappa shape index (κ3) is 3.41. The van der Waals surface area contributed by atoms with E-state index in [0.717, 1.165) is 25.7 Å². The van der Waals surface area contributed by atoms with Gasteiger partial charge in [0.15, 0.2) is 0 Å². The SMILES string of the molecule is CCC(C)C(=O)CCC1CCC(C)O1. The fourth-order valence-electron chi connectivity index (χ4n) is 1.87. The Morgan fingerprint density at radius 2 is 2.21 bits per heavy atom. The van der Waals surface area contributed by atoms with Gasteiger partial charge in [0, 0.05) is 12.3 Å². The minimum atomic E-state index is 0.230. The van der Waals surface area contributed by atoms with E-state index in [2.05, 4.69) is 13.8 Å². The summed E-state index contributed by atoms with van der Waals surface area (Å²) >= 11 is 0. The van der Waals surface area contributed by atoms with Crippen LogP contribution < -0.4 is 0 Å². The monoisotopic (exact) mass is 198 g/mol. The van der Waals surface area contributed by atoms with Gasteiger partial charge in [0.2, 0.25) is 0 Å². The van der Waals surface area contributed by atoms with Gasteiger partial charge in [-0.1, -0.05) is 13.8 Å². The third-order valence-electron chi connectivity index (χ3n) is 3.19. The predicted octanol–water partition coefficient (Wildman–Crippen LogP) is 2.95. The maximum atomic E-state index is 11.6. The molecule has 0 N–H and O–H groups in total. The van der Waals surface area contributed by atoms with Crippen molar-refractivity contribution in [2.45, 2.75) is 65.1 Å². The quantitative estimate of drug-likeness (QED) is 0.679. The molecule has 0 aromatic heterocycles. The first-order valence-electron chi connectivity index (χ1n) is 5.81. The van der Waals surface area contributed by atoms with Gasteiger partial charge in [-0.2, -0.15) is 0 Å². The van der Waals surface area contributed by atoms with Crippen molar-refractivity contribution in [3.8, 4) is 0 Å². The lowest BCUT2D eigenvalue weighted by Gasteiger charge is -2.12. The number of rotatable bonds is 5.